The highest BCUT2D eigenvalue weighted by atomic mass is 32.1. The zero-order valence-corrected chi connectivity index (χ0v) is 16.0. The van der Waals surface area contributed by atoms with Crippen LogP contribution in [-0.2, 0) is 11.3 Å². The van der Waals surface area contributed by atoms with Crippen molar-refractivity contribution in [3.05, 3.63) is 80.8 Å². The molecule has 27 heavy (non-hydrogen) atoms. The van der Waals surface area contributed by atoms with Crippen molar-refractivity contribution in [3.63, 3.8) is 0 Å². The summed E-state index contributed by atoms with van der Waals surface area (Å²) < 4.78 is 1.57. The van der Waals surface area contributed by atoms with Gasteiger partial charge >= 0.3 is 4.87 Å². The Hall–Kier alpha value is -2.66. The predicted octanol–water partition coefficient (Wildman–Crippen LogP) is 4.15. The smallest absolute Gasteiger partial charge is 0.308 e. The van der Waals surface area contributed by atoms with Crippen LogP contribution in [0.25, 0.3) is 11.3 Å². The summed E-state index contributed by atoms with van der Waals surface area (Å²) in [6.07, 6.45) is 2.26. The van der Waals surface area contributed by atoms with Crippen LogP contribution in [0.15, 0.2) is 64.8 Å². The predicted molar refractivity (Wildman–Crippen MR) is 109 cm³/mol. The Bertz CT molecular complexity index is 985. The van der Waals surface area contributed by atoms with Crippen LogP contribution in [0, 0.1) is 12.8 Å². The van der Waals surface area contributed by atoms with E-state index in [1.165, 1.54) is 0 Å². The molecule has 1 heterocycles. The molecule has 0 bridgehead atoms. The molecule has 138 valence electrons. The topological polar surface area (TPSA) is 51.1 Å². The first kappa shape index (κ1) is 17.7. The van der Waals surface area contributed by atoms with Gasteiger partial charge in [0.1, 0.15) is 6.54 Å². The van der Waals surface area contributed by atoms with E-state index < -0.39 is 0 Å². The number of hydrogen-bond donors (Lipinski definition) is 1. The number of nitrogens with zero attached hydrogens (tertiary/aromatic N) is 1. The fourth-order valence-electron chi connectivity index (χ4n) is 3.36. The molecule has 4 nitrogen and oxygen atoms in total. The van der Waals surface area contributed by atoms with Gasteiger partial charge in [0, 0.05) is 5.38 Å². The summed E-state index contributed by atoms with van der Waals surface area (Å²) in [4.78, 5) is 25.0. The zero-order valence-electron chi connectivity index (χ0n) is 15.2. The van der Waals surface area contributed by atoms with Crippen molar-refractivity contribution < 1.29 is 4.79 Å². The van der Waals surface area contributed by atoms with E-state index in [2.05, 4.69) is 17.4 Å². The highest BCUT2D eigenvalue weighted by molar-refractivity contribution is 7.07. The van der Waals surface area contributed by atoms with E-state index in [1.807, 2.05) is 54.8 Å². The SMILES string of the molecule is Cc1ccc(-c2csc(=O)n2CC(=O)N[C@H](c2ccccc2)C2CC2)cc1. The lowest BCUT2D eigenvalue weighted by Gasteiger charge is -2.19. The molecule has 0 saturated heterocycles. The van der Waals surface area contributed by atoms with Crippen LogP contribution in [0.1, 0.15) is 30.0 Å². The third kappa shape index (κ3) is 4.03. The van der Waals surface area contributed by atoms with Gasteiger partial charge in [0.05, 0.1) is 11.7 Å². The van der Waals surface area contributed by atoms with Crippen LogP contribution in [0.5, 0.6) is 0 Å². The fourth-order valence-corrected chi connectivity index (χ4v) is 4.12. The molecule has 0 spiro atoms. The van der Waals surface area contributed by atoms with Gasteiger partial charge in [-0.05, 0) is 36.8 Å². The average molecular weight is 378 g/mol. The van der Waals surface area contributed by atoms with Crippen LogP contribution in [0.4, 0.5) is 0 Å². The maximum Gasteiger partial charge on any atom is 0.308 e. The third-order valence-corrected chi connectivity index (χ3v) is 5.76. The van der Waals surface area contributed by atoms with Gasteiger partial charge in [0.15, 0.2) is 0 Å². The molecule has 1 amide bonds. The fraction of sp³-hybridized carbons (Fsp3) is 0.273. The van der Waals surface area contributed by atoms with Crippen LogP contribution in [0.2, 0.25) is 0 Å². The molecule has 1 saturated carbocycles. The monoisotopic (exact) mass is 378 g/mol. The lowest BCUT2D eigenvalue weighted by molar-refractivity contribution is -0.122. The second-order valence-corrected chi connectivity index (χ2v) is 7.95. The summed E-state index contributed by atoms with van der Waals surface area (Å²) in [6.45, 7) is 2.07. The molecule has 1 N–H and O–H groups in total. The van der Waals surface area contributed by atoms with E-state index in [-0.39, 0.29) is 23.4 Å². The third-order valence-electron chi connectivity index (χ3n) is 5.00. The molecule has 0 unspecified atom stereocenters. The van der Waals surface area contributed by atoms with Crippen LogP contribution in [-0.4, -0.2) is 10.5 Å². The maximum absolute atomic E-state index is 12.8. The zero-order chi connectivity index (χ0) is 18.8. The first-order chi connectivity index (χ1) is 13.1. The summed E-state index contributed by atoms with van der Waals surface area (Å²) in [7, 11) is 0. The van der Waals surface area contributed by atoms with Crippen molar-refractivity contribution in [2.75, 3.05) is 0 Å². The summed E-state index contributed by atoms with van der Waals surface area (Å²) >= 11 is 1.13. The molecular weight excluding hydrogens is 356 g/mol. The van der Waals surface area contributed by atoms with E-state index in [9.17, 15) is 9.59 Å². The number of carbonyl (C=O) groups is 1. The van der Waals surface area contributed by atoms with E-state index in [4.69, 9.17) is 0 Å². The molecule has 2 aromatic carbocycles. The molecular formula is C22H22N2O2S. The van der Waals surface area contributed by atoms with Gasteiger partial charge in [-0.3, -0.25) is 14.2 Å². The number of aromatic nitrogens is 1. The lowest BCUT2D eigenvalue weighted by Crippen LogP contribution is -2.34. The van der Waals surface area contributed by atoms with Gasteiger partial charge in [-0.1, -0.05) is 71.5 Å². The van der Waals surface area contributed by atoms with Gasteiger partial charge in [-0.25, -0.2) is 0 Å². The molecule has 0 radical (unpaired) electrons. The quantitative estimate of drug-likeness (QED) is 0.700. The van der Waals surface area contributed by atoms with Gasteiger partial charge < -0.3 is 5.32 Å². The minimum absolute atomic E-state index is 0.0239. The normalized spacial score (nSPS) is 14.7. The second kappa shape index (κ2) is 7.53. The highest BCUT2D eigenvalue weighted by Crippen LogP contribution is 2.40. The van der Waals surface area contributed by atoms with Crippen molar-refractivity contribution >= 4 is 17.2 Å². The molecule has 3 aromatic rings. The minimum Gasteiger partial charge on any atom is -0.347 e. The number of rotatable bonds is 6. The van der Waals surface area contributed by atoms with Crippen LogP contribution < -0.4 is 10.2 Å². The van der Waals surface area contributed by atoms with E-state index in [0.717, 1.165) is 46.6 Å². The Morgan fingerprint density at radius 1 is 1.15 bits per heavy atom. The average Bonchev–Trinajstić information content (AvgIpc) is 3.46. The largest absolute Gasteiger partial charge is 0.347 e. The Balaban J connectivity index is 1.54. The minimum atomic E-state index is -0.121. The summed E-state index contributed by atoms with van der Waals surface area (Å²) in [6, 6.07) is 18.1. The number of carbonyl (C=O) groups excluding carboxylic acids is 1. The van der Waals surface area contributed by atoms with Gasteiger partial charge in [-0.15, -0.1) is 0 Å². The molecule has 0 aliphatic heterocycles. The number of hydrogen-bond acceptors (Lipinski definition) is 3. The first-order valence-electron chi connectivity index (χ1n) is 9.21. The maximum atomic E-state index is 12.8. The number of nitrogens with one attached hydrogen (secondary N) is 1. The molecule has 5 heteroatoms. The number of amides is 1. The molecule has 1 aliphatic carbocycles. The molecule has 1 aromatic heterocycles. The number of thiazole rings is 1. The number of aryl methyl sites for hydroxylation is 1. The molecule has 1 fully saturated rings. The summed E-state index contributed by atoms with van der Waals surface area (Å²) in [5, 5.41) is 4.98. The van der Waals surface area contributed by atoms with Gasteiger partial charge in [0.2, 0.25) is 5.91 Å². The van der Waals surface area contributed by atoms with Crippen molar-refractivity contribution in [2.24, 2.45) is 5.92 Å². The molecule has 1 atom stereocenters. The lowest BCUT2D eigenvalue weighted by atomic mass is 10.0. The highest BCUT2D eigenvalue weighted by Gasteiger charge is 2.33. The van der Waals surface area contributed by atoms with E-state index >= 15 is 0 Å². The van der Waals surface area contributed by atoms with E-state index in [0.29, 0.717) is 5.92 Å². The summed E-state index contributed by atoms with van der Waals surface area (Å²) in [5.41, 5.74) is 4.04. The van der Waals surface area contributed by atoms with E-state index in [1.54, 1.807) is 4.57 Å². The van der Waals surface area contributed by atoms with Crippen LogP contribution >= 0.6 is 11.3 Å². The van der Waals surface area contributed by atoms with Crippen molar-refractivity contribution in [2.45, 2.75) is 32.4 Å². The Labute approximate surface area is 162 Å². The Kier molecular flexibility index (Phi) is 4.94. The van der Waals surface area contributed by atoms with Gasteiger partial charge in [0.25, 0.3) is 0 Å². The standard InChI is InChI=1S/C22H22N2O2S/c1-15-7-9-16(10-8-15)19-14-27-22(26)24(19)13-20(25)23-21(18-11-12-18)17-5-3-2-4-6-17/h2-10,14,18,21H,11-13H2,1H3,(H,23,25)/t21-/m1/s1. The molecule has 4 rings (SSSR count). The molecule has 1 aliphatic rings. The second-order valence-electron chi connectivity index (χ2n) is 7.13. The van der Waals surface area contributed by atoms with Crippen molar-refractivity contribution in [1.29, 1.82) is 0 Å². The Morgan fingerprint density at radius 2 is 1.85 bits per heavy atom. The Morgan fingerprint density at radius 3 is 2.52 bits per heavy atom. The first-order valence-corrected chi connectivity index (χ1v) is 10.1. The van der Waals surface area contributed by atoms with Crippen molar-refractivity contribution in [1.82, 2.24) is 9.88 Å². The summed E-state index contributed by atoms with van der Waals surface area (Å²) in [5.74, 6) is 0.372. The van der Waals surface area contributed by atoms with Crippen LogP contribution in [0.3, 0.4) is 0 Å². The van der Waals surface area contributed by atoms with Gasteiger partial charge in [-0.2, -0.15) is 0 Å². The number of benzene rings is 2. The van der Waals surface area contributed by atoms with Crippen molar-refractivity contribution in [3.8, 4) is 11.3 Å².